The van der Waals surface area contributed by atoms with Gasteiger partial charge in [-0.1, -0.05) is 0 Å². The highest BCUT2D eigenvalue weighted by molar-refractivity contribution is 5.92. The molecule has 1 amide bonds. The van der Waals surface area contributed by atoms with E-state index in [0.29, 0.717) is 36.4 Å². The molecule has 0 spiro atoms. The van der Waals surface area contributed by atoms with E-state index in [1.54, 1.807) is 4.68 Å². The van der Waals surface area contributed by atoms with Crippen molar-refractivity contribution in [3.8, 4) is 5.75 Å². The van der Waals surface area contributed by atoms with Crippen molar-refractivity contribution in [2.75, 3.05) is 13.2 Å². The van der Waals surface area contributed by atoms with E-state index < -0.39 is 17.6 Å². The summed E-state index contributed by atoms with van der Waals surface area (Å²) in [6.07, 6.45) is -4.12. The van der Waals surface area contributed by atoms with Gasteiger partial charge in [0.1, 0.15) is 5.75 Å². The van der Waals surface area contributed by atoms with Crippen LogP contribution in [0.2, 0.25) is 0 Å². The Bertz CT molecular complexity index is 876. The first kappa shape index (κ1) is 16.9. The molecule has 0 bridgehead atoms. The number of ether oxygens (including phenoxy) is 2. The number of halogens is 3. The number of aromatic nitrogens is 2. The number of alkyl halides is 3. The number of rotatable bonds is 2. The molecule has 1 atom stereocenters. The Kier molecular flexibility index (Phi) is 3.91. The first-order valence-electron chi connectivity index (χ1n) is 8.14. The Hall–Kier alpha value is -2.55. The van der Waals surface area contributed by atoms with Crippen molar-refractivity contribution in [2.45, 2.75) is 31.7 Å². The number of carbonyl (C=O) groups excluding carboxylic acids is 1. The van der Waals surface area contributed by atoms with Gasteiger partial charge in [-0.25, -0.2) is 0 Å². The zero-order chi connectivity index (χ0) is 18.5. The van der Waals surface area contributed by atoms with Crippen molar-refractivity contribution < 1.29 is 27.4 Å². The molecule has 0 saturated carbocycles. The lowest BCUT2D eigenvalue weighted by atomic mass is 9.88. The zero-order valence-electron chi connectivity index (χ0n) is 13.7. The Labute approximate surface area is 146 Å². The molecule has 26 heavy (non-hydrogen) atoms. The maximum Gasteiger partial charge on any atom is 0.416 e. The lowest BCUT2D eigenvalue weighted by Gasteiger charge is -2.27. The van der Waals surface area contributed by atoms with Gasteiger partial charge in [0.2, 0.25) is 0 Å². The molecule has 1 aromatic carbocycles. The van der Waals surface area contributed by atoms with Crippen LogP contribution in [-0.2, 0) is 30.5 Å². The maximum atomic E-state index is 13.0. The molecule has 138 valence electrons. The van der Waals surface area contributed by atoms with Crippen LogP contribution in [0, 0.1) is 0 Å². The second kappa shape index (κ2) is 6.01. The molecule has 0 fully saturated rings. The van der Waals surface area contributed by atoms with Crippen LogP contribution < -0.4 is 10.5 Å². The number of hydrogen-bond acceptors (Lipinski definition) is 4. The molecular weight excluding hydrogens is 351 g/mol. The predicted molar refractivity (Wildman–Crippen MR) is 83.8 cm³/mol. The van der Waals surface area contributed by atoms with E-state index in [-0.39, 0.29) is 24.8 Å². The summed E-state index contributed by atoms with van der Waals surface area (Å²) in [5, 5.41) is 4.26. The molecule has 3 heterocycles. The standard InChI is InChI=1S/C17H16F3N3O3/c18-17(19,20)11-1-2-13-9(6-11)5-10(7-26-13)14-12-8-25-4-3-23(12)22-15(14)16(21)24/h1-2,6,10H,3-5,7-8H2,(H2,21,24). The van der Waals surface area contributed by atoms with Crippen molar-refractivity contribution in [3.63, 3.8) is 0 Å². The quantitative estimate of drug-likeness (QED) is 0.883. The van der Waals surface area contributed by atoms with Gasteiger partial charge in [-0.15, -0.1) is 0 Å². The molecule has 0 saturated heterocycles. The third kappa shape index (κ3) is 2.82. The molecule has 2 aliphatic heterocycles. The second-order valence-electron chi connectivity index (χ2n) is 6.38. The van der Waals surface area contributed by atoms with Gasteiger partial charge in [0.25, 0.3) is 5.91 Å². The third-order valence-electron chi connectivity index (χ3n) is 4.72. The predicted octanol–water partition coefficient (Wildman–Crippen LogP) is 2.25. The lowest BCUT2D eigenvalue weighted by molar-refractivity contribution is -0.137. The maximum absolute atomic E-state index is 13.0. The normalized spacial score (nSPS) is 19.4. The van der Waals surface area contributed by atoms with Gasteiger partial charge in [-0.05, 0) is 30.2 Å². The zero-order valence-corrected chi connectivity index (χ0v) is 13.7. The van der Waals surface area contributed by atoms with Gasteiger partial charge in [-0.2, -0.15) is 18.3 Å². The molecule has 2 aliphatic rings. The molecule has 0 aliphatic carbocycles. The number of amides is 1. The minimum absolute atomic E-state index is 0.134. The van der Waals surface area contributed by atoms with E-state index in [1.807, 2.05) is 0 Å². The van der Waals surface area contributed by atoms with Gasteiger partial charge >= 0.3 is 6.18 Å². The summed E-state index contributed by atoms with van der Waals surface area (Å²) < 4.78 is 51.8. The van der Waals surface area contributed by atoms with E-state index in [2.05, 4.69) is 5.10 Å². The summed E-state index contributed by atoms with van der Waals surface area (Å²) >= 11 is 0. The summed E-state index contributed by atoms with van der Waals surface area (Å²) in [4.78, 5) is 11.8. The number of fused-ring (bicyclic) bond motifs is 2. The number of carbonyl (C=O) groups is 1. The summed E-state index contributed by atoms with van der Waals surface area (Å²) in [7, 11) is 0. The minimum Gasteiger partial charge on any atom is -0.493 e. The molecule has 2 aromatic rings. The van der Waals surface area contributed by atoms with Gasteiger partial charge in [0, 0.05) is 11.5 Å². The van der Waals surface area contributed by atoms with Gasteiger partial charge in [-0.3, -0.25) is 9.48 Å². The molecule has 6 nitrogen and oxygen atoms in total. The molecule has 4 rings (SSSR count). The molecule has 1 aromatic heterocycles. The second-order valence-corrected chi connectivity index (χ2v) is 6.38. The van der Waals surface area contributed by atoms with Crippen LogP contribution >= 0.6 is 0 Å². The molecule has 2 N–H and O–H groups in total. The minimum atomic E-state index is -4.43. The fourth-order valence-corrected chi connectivity index (χ4v) is 3.53. The Morgan fingerprint density at radius 1 is 1.35 bits per heavy atom. The van der Waals surface area contributed by atoms with Crippen LogP contribution in [0.25, 0.3) is 0 Å². The van der Waals surface area contributed by atoms with Crippen LogP contribution in [0.5, 0.6) is 5.75 Å². The van der Waals surface area contributed by atoms with Gasteiger partial charge in [0.05, 0.1) is 37.6 Å². The number of hydrogen-bond donors (Lipinski definition) is 1. The number of nitrogens with zero attached hydrogens (tertiary/aromatic N) is 2. The average Bonchev–Trinajstić information content (AvgIpc) is 3.00. The van der Waals surface area contributed by atoms with Crippen molar-refractivity contribution in [1.29, 1.82) is 0 Å². The largest absolute Gasteiger partial charge is 0.493 e. The van der Waals surface area contributed by atoms with Crippen molar-refractivity contribution in [2.24, 2.45) is 5.73 Å². The van der Waals surface area contributed by atoms with Crippen molar-refractivity contribution >= 4 is 5.91 Å². The highest BCUT2D eigenvalue weighted by atomic mass is 19.4. The molecule has 0 radical (unpaired) electrons. The summed E-state index contributed by atoms with van der Waals surface area (Å²) in [6, 6.07) is 3.43. The molecule has 1 unspecified atom stereocenters. The smallest absolute Gasteiger partial charge is 0.416 e. The molecular formula is C17H16F3N3O3. The van der Waals surface area contributed by atoms with Crippen LogP contribution in [0.1, 0.15) is 38.8 Å². The number of nitrogens with two attached hydrogens (primary N) is 1. The Balaban J connectivity index is 1.73. The van der Waals surface area contributed by atoms with Crippen molar-refractivity contribution in [1.82, 2.24) is 9.78 Å². The van der Waals surface area contributed by atoms with Crippen LogP contribution in [0.15, 0.2) is 18.2 Å². The Morgan fingerprint density at radius 2 is 2.15 bits per heavy atom. The summed E-state index contributed by atoms with van der Waals surface area (Å²) in [5.41, 5.74) is 6.66. The highest BCUT2D eigenvalue weighted by Crippen LogP contribution is 2.39. The van der Waals surface area contributed by atoms with E-state index in [4.69, 9.17) is 15.2 Å². The fraction of sp³-hybridized carbons (Fsp3) is 0.412. The monoisotopic (exact) mass is 367 g/mol. The highest BCUT2D eigenvalue weighted by Gasteiger charge is 2.35. The van der Waals surface area contributed by atoms with E-state index in [0.717, 1.165) is 17.8 Å². The van der Waals surface area contributed by atoms with E-state index in [1.165, 1.54) is 6.07 Å². The number of primary amides is 1. The van der Waals surface area contributed by atoms with Gasteiger partial charge in [0.15, 0.2) is 5.69 Å². The first-order chi connectivity index (χ1) is 12.3. The number of benzene rings is 1. The van der Waals surface area contributed by atoms with Crippen molar-refractivity contribution in [3.05, 3.63) is 46.3 Å². The van der Waals surface area contributed by atoms with Crippen LogP contribution in [0.3, 0.4) is 0 Å². The lowest BCUT2D eigenvalue weighted by Crippen LogP contribution is -2.25. The van der Waals surface area contributed by atoms with Crippen LogP contribution in [0.4, 0.5) is 13.2 Å². The first-order valence-corrected chi connectivity index (χ1v) is 8.14. The van der Waals surface area contributed by atoms with Gasteiger partial charge < -0.3 is 15.2 Å². The van der Waals surface area contributed by atoms with Crippen LogP contribution in [-0.4, -0.2) is 28.9 Å². The third-order valence-corrected chi connectivity index (χ3v) is 4.72. The van der Waals surface area contributed by atoms with E-state index in [9.17, 15) is 18.0 Å². The average molecular weight is 367 g/mol. The Morgan fingerprint density at radius 3 is 2.88 bits per heavy atom. The summed E-state index contributed by atoms with van der Waals surface area (Å²) in [5.74, 6) is -0.567. The summed E-state index contributed by atoms with van der Waals surface area (Å²) in [6.45, 7) is 1.49. The van der Waals surface area contributed by atoms with E-state index >= 15 is 0 Å². The topological polar surface area (TPSA) is 79.4 Å². The fourth-order valence-electron chi connectivity index (χ4n) is 3.53. The molecule has 9 heteroatoms. The SMILES string of the molecule is NC(=O)c1nn2c(c1C1COc3ccc(C(F)(F)F)cc3C1)COCC2.